The van der Waals surface area contributed by atoms with Crippen LogP contribution in [-0.4, -0.2) is 19.3 Å². The summed E-state index contributed by atoms with van der Waals surface area (Å²) in [6.07, 6.45) is 7.56. The maximum Gasteiger partial charge on any atom is 0.0936 e. The third-order valence-electron chi connectivity index (χ3n) is 3.69. The average molecular weight is 282 g/mol. The van der Waals surface area contributed by atoms with Gasteiger partial charge in [-0.25, -0.2) is 0 Å². The SMILES string of the molecule is CC.COCN.Nc1c2c(cc3c1CCC3)CCC2.O. The maximum absolute atomic E-state index is 6.19. The number of rotatable bonds is 1. The number of ether oxygens (including phenoxy) is 1. The second-order valence-electron chi connectivity index (χ2n) is 4.73. The van der Waals surface area contributed by atoms with E-state index in [1.807, 2.05) is 13.8 Å². The van der Waals surface area contributed by atoms with Gasteiger partial charge in [0.2, 0.25) is 0 Å². The van der Waals surface area contributed by atoms with Crippen LogP contribution in [0.15, 0.2) is 6.07 Å². The topological polar surface area (TPSA) is 92.8 Å². The summed E-state index contributed by atoms with van der Waals surface area (Å²) in [5, 5.41) is 0. The number of fused-ring (bicyclic) bond motifs is 2. The summed E-state index contributed by atoms with van der Waals surface area (Å²) in [5.41, 5.74) is 18.2. The van der Waals surface area contributed by atoms with Crippen LogP contribution in [0.1, 0.15) is 48.9 Å². The Labute approximate surface area is 122 Å². The number of hydrogen-bond acceptors (Lipinski definition) is 3. The lowest BCUT2D eigenvalue weighted by Crippen LogP contribution is -1.99. The molecule has 2 aliphatic rings. The summed E-state index contributed by atoms with van der Waals surface area (Å²) in [4.78, 5) is 0. The van der Waals surface area contributed by atoms with Gasteiger partial charge in [-0.1, -0.05) is 19.9 Å². The predicted octanol–water partition coefficient (Wildman–Crippen LogP) is 2.00. The number of hydrogen-bond donors (Lipinski definition) is 2. The normalized spacial score (nSPS) is 14.0. The predicted molar refractivity (Wildman–Crippen MR) is 85.9 cm³/mol. The van der Waals surface area contributed by atoms with E-state index in [4.69, 9.17) is 11.5 Å². The molecule has 0 saturated heterocycles. The van der Waals surface area contributed by atoms with E-state index in [0.29, 0.717) is 6.73 Å². The van der Waals surface area contributed by atoms with E-state index in [1.165, 1.54) is 60.8 Å². The van der Waals surface area contributed by atoms with Crippen LogP contribution < -0.4 is 11.5 Å². The molecule has 0 unspecified atom stereocenters. The summed E-state index contributed by atoms with van der Waals surface area (Å²) in [6, 6.07) is 2.42. The van der Waals surface area contributed by atoms with Gasteiger partial charge in [-0.2, -0.15) is 0 Å². The number of methoxy groups -OCH3 is 1. The summed E-state index contributed by atoms with van der Waals surface area (Å²) in [7, 11) is 1.56. The zero-order valence-corrected chi connectivity index (χ0v) is 13.1. The Morgan fingerprint density at radius 1 is 1.00 bits per heavy atom. The van der Waals surface area contributed by atoms with Crippen molar-refractivity contribution in [2.45, 2.75) is 52.4 Å². The van der Waals surface area contributed by atoms with Gasteiger partial charge in [0, 0.05) is 12.8 Å². The van der Waals surface area contributed by atoms with E-state index in [2.05, 4.69) is 10.8 Å². The molecule has 116 valence electrons. The molecule has 0 fully saturated rings. The Balaban J connectivity index is 0.000000453. The largest absolute Gasteiger partial charge is 0.412 e. The maximum atomic E-state index is 6.19. The molecule has 1 aromatic carbocycles. The minimum absolute atomic E-state index is 0. The quantitative estimate of drug-likeness (QED) is 0.609. The molecule has 1 aromatic rings. The van der Waals surface area contributed by atoms with E-state index < -0.39 is 0 Å². The highest BCUT2D eigenvalue weighted by Gasteiger charge is 2.21. The lowest BCUT2D eigenvalue weighted by molar-refractivity contribution is 0.207. The highest BCUT2D eigenvalue weighted by atomic mass is 16.5. The fraction of sp³-hybridized carbons (Fsp3) is 0.625. The third kappa shape index (κ3) is 4.20. The van der Waals surface area contributed by atoms with Gasteiger partial charge < -0.3 is 21.7 Å². The van der Waals surface area contributed by atoms with Crippen molar-refractivity contribution in [2.24, 2.45) is 5.73 Å². The fourth-order valence-electron chi connectivity index (χ4n) is 2.86. The summed E-state index contributed by atoms with van der Waals surface area (Å²) >= 11 is 0. The van der Waals surface area contributed by atoms with Crippen molar-refractivity contribution in [3.05, 3.63) is 28.3 Å². The Kier molecular flexibility index (Phi) is 9.21. The molecule has 4 nitrogen and oxygen atoms in total. The van der Waals surface area contributed by atoms with Gasteiger partial charge in [0.25, 0.3) is 0 Å². The lowest BCUT2D eigenvalue weighted by atomic mass is 9.99. The number of anilines is 1. The smallest absolute Gasteiger partial charge is 0.0936 e. The second kappa shape index (κ2) is 9.75. The van der Waals surface area contributed by atoms with Crippen LogP contribution in [0.4, 0.5) is 5.69 Å². The molecule has 20 heavy (non-hydrogen) atoms. The summed E-state index contributed by atoms with van der Waals surface area (Å²) in [6.45, 7) is 4.32. The van der Waals surface area contributed by atoms with Crippen molar-refractivity contribution in [1.29, 1.82) is 0 Å². The first-order valence-electron chi connectivity index (χ1n) is 7.39. The van der Waals surface area contributed by atoms with Crippen molar-refractivity contribution in [3.8, 4) is 0 Å². The van der Waals surface area contributed by atoms with Crippen molar-refractivity contribution in [1.82, 2.24) is 0 Å². The molecule has 4 heteroatoms. The monoisotopic (exact) mass is 282 g/mol. The lowest BCUT2D eigenvalue weighted by Gasteiger charge is -2.10. The first-order chi connectivity index (χ1) is 9.27. The first kappa shape index (κ1) is 18.9. The molecule has 0 atom stereocenters. The van der Waals surface area contributed by atoms with E-state index >= 15 is 0 Å². The Morgan fingerprint density at radius 3 is 1.75 bits per heavy atom. The van der Waals surface area contributed by atoms with Crippen LogP contribution >= 0.6 is 0 Å². The minimum atomic E-state index is 0. The molecule has 0 aromatic heterocycles. The second-order valence-corrected chi connectivity index (χ2v) is 4.73. The van der Waals surface area contributed by atoms with Crippen LogP contribution in [-0.2, 0) is 30.4 Å². The standard InChI is InChI=1S/C12H15N.C2H7NO.C2H6.H2O/c13-12-10-5-1-3-8(10)7-9-4-2-6-11(9)12;1-4-2-3;1-2;/h7H,1-6,13H2;2-3H2,1H3;1-2H3;1H2. The zero-order chi connectivity index (χ0) is 14.3. The van der Waals surface area contributed by atoms with E-state index in [-0.39, 0.29) is 5.48 Å². The van der Waals surface area contributed by atoms with Gasteiger partial charge in [0.05, 0.1) is 6.73 Å². The van der Waals surface area contributed by atoms with Crippen molar-refractivity contribution < 1.29 is 10.2 Å². The van der Waals surface area contributed by atoms with Gasteiger partial charge in [0.15, 0.2) is 0 Å². The molecule has 0 aliphatic heterocycles. The molecule has 2 aliphatic carbocycles. The summed E-state index contributed by atoms with van der Waals surface area (Å²) in [5.74, 6) is 0. The van der Waals surface area contributed by atoms with Crippen molar-refractivity contribution in [2.75, 3.05) is 19.6 Å². The zero-order valence-electron chi connectivity index (χ0n) is 13.1. The molecule has 0 saturated carbocycles. The molecule has 6 N–H and O–H groups in total. The molecular formula is C16H30N2O2. The Hall–Kier alpha value is -1.10. The van der Waals surface area contributed by atoms with Crippen molar-refractivity contribution >= 4 is 5.69 Å². The van der Waals surface area contributed by atoms with Crippen LogP contribution in [0, 0.1) is 0 Å². The van der Waals surface area contributed by atoms with Gasteiger partial charge in [0.1, 0.15) is 0 Å². The van der Waals surface area contributed by atoms with Crippen molar-refractivity contribution in [3.63, 3.8) is 0 Å². The van der Waals surface area contributed by atoms with E-state index in [9.17, 15) is 0 Å². The van der Waals surface area contributed by atoms with Gasteiger partial charge in [-0.15, -0.1) is 0 Å². The Morgan fingerprint density at radius 2 is 1.40 bits per heavy atom. The summed E-state index contributed by atoms with van der Waals surface area (Å²) < 4.78 is 4.32. The van der Waals surface area contributed by atoms with Gasteiger partial charge in [-0.3, -0.25) is 0 Å². The molecule has 0 amide bonds. The minimum Gasteiger partial charge on any atom is -0.412 e. The third-order valence-corrected chi connectivity index (χ3v) is 3.69. The highest BCUT2D eigenvalue weighted by Crippen LogP contribution is 2.36. The Bertz CT molecular complexity index is 372. The van der Waals surface area contributed by atoms with Gasteiger partial charge >= 0.3 is 0 Å². The van der Waals surface area contributed by atoms with Crippen LogP contribution in [0.2, 0.25) is 0 Å². The van der Waals surface area contributed by atoms with E-state index in [1.54, 1.807) is 7.11 Å². The number of nitrogens with two attached hydrogens (primary N) is 2. The molecule has 3 rings (SSSR count). The van der Waals surface area contributed by atoms with Crippen LogP contribution in [0.25, 0.3) is 0 Å². The molecule has 0 bridgehead atoms. The van der Waals surface area contributed by atoms with E-state index in [0.717, 1.165) is 5.69 Å². The molecule has 0 heterocycles. The number of benzene rings is 1. The molecule has 0 spiro atoms. The number of nitrogen functional groups attached to an aromatic ring is 1. The molecule has 0 radical (unpaired) electrons. The van der Waals surface area contributed by atoms with Gasteiger partial charge in [-0.05, 0) is 60.8 Å². The van der Waals surface area contributed by atoms with Crippen LogP contribution in [0.3, 0.4) is 0 Å². The average Bonchev–Trinajstić information content (AvgIpc) is 3.10. The first-order valence-corrected chi connectivity index (χ1v) is 7.39. The fourth-order valence-corrected chi connectivity index (χ4v) is 2.86. The number of aryl methyl sites for hydroxylation is 2. The molecular weight excluding hydrogens is 252 g/mol. The van der Waals surface area contributed by atoms with Crippen LogP contribution in [0.5, 0.6) is 0 Å². The highest BCUT2D eigenvalue weighted by molar-refractivity contribution is 5.63.